The topological polar surface area (TPSA) is 185 Å². The smallest absolute Gasteiger partial charge is 0.410 e. The molecule has 2 unspecified atom stereocenters. The Balaban J connectivity index is 1.18. The quantitative estimate of drug-likeness (QED) is 0.228. The number of alkyl halides is 2. The van der Waals surface area contributed by atoms with E-state index in [0.29, 0.717) is 58.0 Å². The molecule has 14 nitrogen and oxygen atoms in total. The van der Waals surface area contributed by atoms with E-state index < -0.39 is 88.7 Å². The van der Waals surface area contributed by atoms with Crippen molar-refractivity contribution >= 4 is 34.0 Å². The van der Waals surface area contributed by atoms with Crippen molar-refractivity contribution in [2.75, 3.05) is 26.4 Å². The molecule has 51 heavy (non-hydrogen) atoms. The van der Waals surface area contributed by atoms with Crippen LogP contribution in [0.5, 0.6) is 0 Å². The standard InChI is InChI=1S/C34H45F2N5O9S/c35-17-24(18-36)48-32(44)38-26-11-5-3-1-2-4-10-23-16-34(23,31(43)40-51(46,47)25-12-13-25)39-30-28(50-30)27(19-37-29(26)42)49-33(45)41-15-14-21-8-6-7-9-22(21)20-41/h4,6-10,23-28,30,39H,1-3,5,11-20H2,(H,37,42)(H,38,44)(H,40,43)/b10-4-/t23-,26+,27+,28?,30?,34-/m1/s1. The van der Waals surface area contributed by atoms with E-state index in [1.54, 1.807) is 4.90 Å². The van der Waals surface area contributed by atoms with E-state index in [4.69, 9.17) is 14.2 Å². The molecular formula is C34H45F2N5O9S. The highest BCUT2D eigenvalue weighted by molar-refractivity contribution is 7.91. The predicted octanol–water partition coefficient (Wildman–Crippen LogP) is 2.27. The molecule has 5 aliphatic rings. The number of carbonyl (C=O) groups is 4. The third kappa shape index (κ3) is 9.16. The summed E-state index contributed by atoms with van der Waals surface area (Å²) in [6.07, 6.45) is 2.48. The second-order valence-corrected chi connectivity index (χ2v) is 15.8. The lowest BCUT2D eigenvalue weighted by atomic mass is 10.0. The number of alkyl carbamates (subject to hydrolysis) is 1. The molecule has 3 aliphatic heterocycles. The number of allylic oxidation sites excluding steroid dienone is 1. The van der Waals surface area contributed by atoms with Gasteiger partial charge in [-0.15, -0.1) is 0 Å². The summed E-state index contributed by atoms with van der Waals surface area (Å²) in [7, 11) is -3.82. The highest BCUT2D eigenvalue weighted by atomic mass is 32.2. The molecule has 2 aliphatic carbocycles. The number of nitrogens with one attached hydrogen (secondary N) is 4. The van der Waals surface area contributed by atoms with Gasteiger partial charge in [0.2, 0.25) is 15.9 Å². The number of amides is 4. The van der Waals surface area contributed by atoms with E-state index in [-0.39, 0.29) is 18.9 Å². The van der Waals surface area contributed by atoms with Crippen LogP contribution in [0.4, 0.5) is 18.4 Å². The normalized spacial score (nSPS) is 30.3. The van der Waals surface area contributed by atoms with Gasteiger partial charge >= 0.3 is 12.2 Å². The predicted molar refractivity (Wildman–Crippen MR) is 178 cm³/mol. The van der Waals surface area contributed by atoms with Gasteiger partial charge in [0.25, 0.3) is 5.91 Å². The number of benzene rings is 1. The van der Waals surface area contributed by atoms with E-state index in [2.05, 4.69) is 20.7 Å². The Bertz CT molecular complexity index is 1610. The molecule has 1 saturated heterocycles. The van der Waals surface area contributed by atoms with E-state index in [1.165, 1.54) is 0 Å². The van der Waals surface area contributed by atoms with E-state index in [9.17, 15) is 36.4 Å². The van der Waals surface area contributed by atoms with Crippen LogP contribution in [0.25, 0.3) is 0 Å². The van der Waals surface area contributed by atoms with Gasteiger partial charge in [0.15, 0.2) is 12.2 Å². The first-order valence-corrected chi connectivity index (χ1v) is 19.1. The minimum Gasteiger partial charge on any atom is -0.441 e. The molecule has 0 aromatic heterocycles. The molecule has 3 heterocycles. The fourth-order valence-electron chi connectivity index (χ4n) is 6.62. The zero-order valence-corrected chi connectivity index (χ0v) is 29.0. The summed E-state index contributed by atoms with van der Waals surface area (Å²) in [6, 6.07) is 6.65. The molecule has 6 atom stereocenters. The number of sulfonamides is 1. The van der Waals surface area contributed by atoms with Gasteiger partial charge in [0.1, 0.15) is 37.3 Å². The number of carbonyl (C=O) groups excluding carboxylic acids is 4. The Morgan fingerprint density at radius 3 is 2.59 bits per heavy atom. The van der Waals surface area contributed by atoms with Crippen molar-refractivity contribution < 1.29 is 50.6 Å². The minimum absolute atomic E-state index is 0.198. The van der Waals surface area contributed by atoms with Crippen LogP contribution in [0.3, 0.4) is 0 Å². The molecular weight excluding hydrogens is 692 g/mol. The van der Waals surface area contributed by atoms with Crippen LogP contribution < -0.4 is 20.7 Å². The van der Waals surface area contributed by atoms with Crippen LogP contribution in [-0.2, 0) is 46.8 Å². The summed E-state index contributed by atoms with van der Waals surface area (Å²) >= 11 is 0. The number of nitrogens with zero attached hydrogens (tertiary/aromatic N) is 1. The van der Waals surface area contributed by atoms with Gasteiger partial charge in [0.05, 0.1) is 11.8 Å². The summed E-state index contributed by atoms with van der Waals surface area (Å²) < 4.78 is 70.2. The summed E-state index contributed by atoms with van der Waals surface area (Å²) in [5.74, 6) is -1.61. The van der Waals surface area contributed by atoms with Gasteiger partial charge in [-0.1, -0.05) is 49.3 Å². The Morgan fingerprint density at radius 2 is 1.84 bits per heavy atom. The zero-order chi connectivity index (χ0) is 36.2. The Morgan fingerprint density at radius 1 is 1.08 bits per heavy atom. The third-order valence-corrected chi connectivity index (χ3v) is 11.8. The summed E-state index contributed by atoms with van der Waals surface area (Å²) in [5.41, 5.74) is 0.855. The highest BCUT2D eigenvalue weighted by Gasteiger charge is 2.64. The molecule has 1 aromatic carbocycles. The molecule has 0 radical (unpaired) electrons. The molecule has 17 heteroatoms. The Hall–Kier alpha value is -3.83. The van der Waals surface area contributed by atoms with Crippen LogP contribution >= 0.6 is 0 Å². The maximum atomic E-state index is 13.5. The maximum Gasteiger partial charge on any atom is 0.410 e. The first-order valence-electron chi connectivity index (χ1n) is 17.6. The van der Waals surface area contributed by atoms with Gasteiger partial charge in [-0.25, -0.2) is 26.8 Å². The van der Waals surface area contributed by atoms with Crippen molar-refractivity contribution in [3.05, 3.63) is 47.5 Å². The summed E-state index contributed by atoms with van der Waals surface area (Å²) in [6.45, 7) is -1.95. The lowest BCUT2D eigenvalue weighted by Crippen LogP contribution is -2.53. The molecule has 3 fully saturated rings. The molecule has 0 spiro atoms. The van der Waals surface area contributed by atoms with E-state index in [1.807, 2.05) is 36.4 Å². The van der Waals surface area contributed by atoms with Crippen molar-refractivity contribution in [3.63, 3.8) is 0 Å². The van der Waals surface area contributed by atoms with Crippen molar-refractivity contribution in [2.24, 2.45) is 5.92 Å². The second-order valence-electron chi connectivity index (χ2n) is 13.8. The number of epoxide rings is 1. The number of ether oxygens (including phenoxy) is 3. The highest BCUT2D eigenvalue weighted by Crippen LogP contribution is 2.48. The monoisotopic (exact) mass is 737 g/mol. The van der Waals surface area contributed by atoms with Crippen LogP contribution in [0.15, 0.2) is 36.4 Å². The van der Waals surface area contributed by atoms with Crippen LogP contribution in [0.2, 0.25) is 0 Å². The fraction of sp³-hybridized carbons (Fsp3) is 0.647. The average Bonchev–Trinajstić information content (AvgIpc) is 4.00. The first-order chi connectivity index (χ1) is 24.5. The van der Waals surface area contributed by atoms with Crippen LogP contribution in [-0.4, -0.2) is 105 Å². The lowest BCUT2D eigenvalue weighted by Gasteiger charge is -2.30. The maximum absolute atomic E-state index is 13.5. The van der Waals surface area contributed by atoms with Crippen molar-refractivity contribution in [3.8, 4) is 0 Å². The van der Waals surface area contributed by atoms with Gasteiger partial charge in [0, 0.05) is 19.0 Å². The molecule has 6 rings (SSSR count). The number of halogens is 2. The molecule has 4 amide bonds. The first kappa shape index (κ1) is 36.9. The SMILES string of the molecule is O=C(N[C@H]1CCCCC/C=C\[C@@H]2C[C@@]2(C(=O)NS(=O)(=O)C2CC2)NC2OC2[C@@H](OC(=O)N2CCc3ccccc3C2)CNC1=O)OC(CF)CF. The molecule has 1 aromatic rings. The largest absolute Gasteiger partial charge is 0.441 e. The van der Waals surface area contributed by atoms with Crippen molar-refractivity contribution in [1.82, 2.24) is 25.6 Å². The van der Waals surface area contributed by atoms with Crippen molar-refractivity contribution in [1.29, 1.82) is 0 Å². The third-order valence-electron chi connectivity index (χ3n) is 9.99. The average molecular weight is 738 g/mol. The number of rotatable bonds is 8. The van der Waals surface area contributed by atoms with Crippen LogP contribution in [0, 0.1) is 5.92 Å². The molecule has 4 N–H and O–H groups in total. The van der Waals surface area contributed by atoms with Crippen molar-refractivity contribution in [2.45, 2.75) is 106 Å². The zero-order valence-electron chi connectivity index (χ0n) is 28.2. The second kappa shape index (κ2) is 15.8. The van der Waals surface area contributed by atoms with E-state index in [0.717, 1.165) is 17.5 Å². The Labute approximate surface area is 295 Å². The van der Waals surface area contributed by atoms with E-state index >= 15 is 0 Å². The summed E-state index contributed by atoms with van der Waals surface area (Å²) in [4.78, 5) is 54.4. The molecule has 280 valence electrons. The van der Waals surface area contributed by atoms with Gasteiger partial charge in [-0.3, -0.25) is 19.6 Å². The lowest BCUT2D eigenvalue weighted by molar-refractivity contribution is -0.124. The molecule has 2 saturated carbocycles. The van der Waals surface area contributed by atoms with Gasteiger partial charge in [-0.05, 0) is 56.1 Å². The molecule has 0 bridgehead atoms. The fourth-order valence-corrected chi connectivity index (χ4v) is 7.99. The van der Waals surface area contributed by atoms with Crippen LogP contribution in [0.1, 0.15) is 62.5 Å². The summed E-state index contributed by atoms with van der Waals surface area (Å²) in [5, 5.41) is 7.72. The van der Waals surface area contributed by atoms with Gasteiger partial charge in [-0.2, -0.15) is 0 Å². The number of hydrogen-bond acceptors (Lipinski definition) is 10. The Kier molecular flexibility index (Phi) is 11.5. The minimum atomic E-state index is -3.82. The number of fused-ring (bicyclic) bond motifs is 3. The number of hydrogen-bond donors (Lipinski definition) is 4. The van der Waals surface area contributed by atoms with Gasteiger partial charge < -0.3 is 29.7 Å².